The summed E-state index contributed by atoms with van der Waals surface area (Å²) in [4.78, 5) is 0. The first-order valence-electron chi connectivity index (χ1n) is 2.57. The SMILES string of the molecule is C=CC(C(F)(F)F)S(C)(=O)=O. The highest BCUT2D eigenvalue weighted by Gasteiger charge is 2.44. The van der Waals surface area contributed by atoms with Crippen molar-refractivity contribution in [2.75, 3.05) is 6.26 Å². The predicted octanol–water partition coefficient (Wildman–Crippen LogP) is 1.15. The Balaban J connectivity index is 4.87. The van der Waals surface area contributed by atoms with Crippen LogP contribution in [0.1, 0.15) is 0 Å². The Morgan fingerprint density at radius 2 is 1.82 bits per heavy atom. The molecular formula is C5H7F3O2S. The van der Waals surface area contributed by atoms with Gasteiger partial charge in [-0.05, 0) is 0 Å². The van der Waals surface area contributed by atoms with Crippen LogP contribution >= 0.6 is 0 Å². The maximum absolute atomic E-state index is 11.8. The minimum absolute atomic E-state index is 0.370. The average Bonchev–Trinajstić information content (AvgIpc) is 1.56. The molecule has 0 saturated heterocycles. The molecule has 11 heavy (non-hydrogen) atoms. The van der Waals surface area contributed by atoms with Crippen LogP contribution in [-0.2, 0) is 9.84 Å². The number of sulfone groups is 1. The van der Waals surface area contributed by atoms with Gasteiger partial charge in [0.1, 0.15) is 0 Å². The highest BCUT2D eigenvalue weighted by molar-refractivity contribution is 7.91. The van der Waals surface area contributed by atoms with Gasteiger partial charge in [-0.3, -0.25) is 0 Å². The predicted molar refractivity (Wildman–Crippen MR) is 34.9 cm³/mol. The molecule has 0 saturated carbocycles. The molecule has 0 spiro atoms. The quantitative estimate of drug-likeness (QED) is 0.609. The van der Waals surface area contributed by atoms with E-state index >= 15 is 0 Å². The summed E-state index contributed by atoms with van der Waals surface area (Å²) in [5, 5.41) is -2.45. The number of rotatable bonds is 2. The van der Waals surface area contributed by atoms with Gasteiger partial charge >= 0.3 is 6.18 Å². The van der Waals surface area contributed by atoms with Crippen molar-refractivity contribution in [1.29, 1.82) is 0 Å². The summed E-state index contributed by atoms with van der Waals surface area (Å²) in [7, 11) is -4.12. The van der Waals surface area contributed by atoms with Crippen LogP contribution in [0.3, 0.4) is 0 Å². The Hall–Kier alpha value is -0.520. The zero-order valence-electron chi connectivity index (χ0n) is 5.72. The summed E-state index contributed by atoms with van der Waals surface area (Å²) in [6, 6.07) is 0. The first kappa shape index (κ1) is 10.5. The number of halogens is 3. The van der Waals surface area contributed by atoms with Crippen molar-refractivity contribution in [3.63, 3.8) is 0 Å². The number of alkyl halides is 3. The highest BCUT2D eigenvalue weighted by atomic mass is 32.2. The zero-order valence-corrected chi connectivity index (χ0v) is 6.54. The van der Waals surface area contributed by atoms with Gasteiger partial charge in [-0.15, -0.1) is 6.58 Å². The summed E-state index contributed by atoms with van der Waals surface area (Å²) < 4.78 is 56.1. The van der Waals surface area contributed by atoms with Gasteiger partial charge in [0.15, 0.2) is 15.1 Å². The molecule has 0 amide bonds. The molecule has 0 rings (SSSR count). The molecule has 0 aromatic rings. The van der Waals surface area contributed by atoms with Crippen LogP contribution in [0.4, 0.5) is 13.2 Å². The molecule has 1 unspecified atom stereocenters. The molecule has 0 fully saturated rings. The fraction of sp³-hybridized carbons (Fsp3) is 0.600. The van der Waals surface area contributed by atoms with Gasteiger partial charge in [-0.25, -0.2) is 8.42 Å². The minimum Gasteiger partial charge on any atom is -0.228 e. The van der Waals surface area contributed by atoms with Crippen LogP contribution in [0.5, 0.6) is 0 Å². The molecule has 0 aromatic carbocycles. The molecule has 0 aromatic heterocycles. The van der Waals surface area contributed by atoms with E-state index in [2.05, 4.69) is 6.58 Å². The third kappa shape index (κ3) is 2.92. The topological polar surface area (TPSA) is 34.1 Å². The fourth-order valence-corrected chi connectivity index (χ4v) is 1.39. The third-order valence-corrected chi connectivity index (χ3v) is 2.38. The summed E-state index contributed by atoms with van der Waals surface area (Å²) in [6.07, 6.45) is -3.86. The Kier molecular flexibility index (Phi) is 2.71. The van der Waals surface area contributed by atoms with Crippen LogP contribution < -0.4 is 0 Å². The van der Waals surface area contributed by atoms with E-state index in [-0.39, 0.29) is 0 Å². The first-order valence-corrected chi connectivity index (χ1v) is 4.53. The maximum Gasteiger partial charge on any atom is 0.408 e. The lowest BCUT2D eigenvalue weighted by Gasteiger charge is -2.13. The van der Waals surface area contributed by atoms with Crippen molar-refractivity contribution in [3.05, 3.63) is 12.7 Å². The smallest absolute Gasteiger partial charge is 0.228 e. The second-order valence-electron chi connectivity index (χ2n) is 2.03. The van der Waals surface area contributed by atoms with Crippen LogP contribution in [0, 0.1) is 0 Å². The third-order valence-electron chi connectivity index (χ3n) is 0.998. The molecule has 0 radical (unpaired) electrons. The molecular weight excluding hydrogens is 181 g/mol. The van der Waals surface area contributed by atoms with Crippen molar-refractivity contribution >= 4 is 9.84 Å². The lowest BCUT2D eigenvalue weighted by atomic mass is 10.4. The highest BCUT2D eigenvalue weighted by Crippen LogP contribution is 2.25. The zero-order chi connectivity index (χ0) is 9.28. The largest absolute Gasteiger partial charge is 0.408 e. The molecule has 6 heteroatoms. The van der Waals surface area contributed by atoms with E-state index in [0.29, 0.717) is 12.3 Å². The van der Waals surface area contributed by atoms with Crippen LogP contribution in [0.2, 0.25) is 0 Å². The number of hydrogen-bond donors (Lipinski definition) is 0. The standard InChI is InChI=1S/C5H7F3O2S/c1-3-4(5(6,7)8)11(2,9)10/h3-4H,1H2,2H3. The van der Waals surface area contributed by atoms with E-state index in [1.54, 1.807) is 0 Å². The molecule has 0 aliphatic rings. The lowest BCUT2D eigenvalue weighted by Crippen LogP contribution is -2.33. The van der Waals surface area contributed by atoms with Gasteiger partial charge in [0.2, 0.25) is 0 Å². The molecule has 0 aliphatic heterocycles. The minimum atomic E-state index is -4.75. The van der Waals surface area contributed by atoms with E-state index in [0.717, 1.165) is 0 Å². The molecule has 2 nitrogen and oxygen atoms in total. The van der Waals surface area contributed by atoms with Crippen molar-refractivity contribution in [3.8, 4) is 0 Å². The lowest BCUT2D eigenvalue weighted by molar-refractivity contribution is -0.121. The molecule has 1 atom stereocenters. The fourth-order valence-electron chi connectivity index (χ4n) is 0.551. The second kappa shape index (κ2) is 2.84. The van der Waals surface area contributed by atoms with Gasteiger partial charge < -0.3 is 0 Å². The van der Waals surface area contributed by atoms with Crippen molar-refractivity contribution in [2.45, 2.75) is 11.4 Å². The van der Waals surface area contributed by atoms with E-state index in [4.69, 9.17) is 0 Å². The maximum atomic E-state index is 11.8. The summed E-state index contributed by atoms with van der Waals surface area (Å²) in [5.74, 6) is 0. The Bertz CT molecular complexity index is 239. The van der Waals surface area contributed by atoms with Crippen LogP contribution in [0.15, 0.2) is 12.7 Å². The summed E-state index contributed by atoms with van der Waals surface area (Å²) in [6.45, 7) is 2.79. The Labute approximate surface area is 62.6 Å². The monoisotopic (exact) mass is 188 g/mol. The van der Waals surface area contributed by atoms with Crippen LogP contribution in [-0.4, -0.2) is 26.1 Å². The van der Waals surface area contributed by atoms with Gasteiger partial charge in [0.25, 0.3) is 0 Å². The molecule has 0 bridgehead atoms. The van der Waals surface area contributed by atoms with Gasteiger partial charge in [0, 0.05) is 6.26 Å². The molecule has 0 N–H and O–H groups in total. The summed E-state index contributed by atoms with van der Waals surface area (Å²) >= 11 is 0. The number of hydrogen-bond acceptors (Lipinski definition) is 2. The molecule has 0 heterocycles. The molecule has 66 valence electrons. The summed E-state index contributed by atoms with van der Waals surface area (Å²) in [5.41, 5.74) is 0. The van der Waals surface area contributed by atoms with E-state index < -0.39 is 21.3 Å². The van der Waals surface area contributed by atoms with Gasteiger partial charge in [-0.1, -0.05) is 6.08 Å². The van der Waals surface area contributed by atoms with E-state index in [1.807, 2.05) is 0 Å². The molecule has 0 aliphatic carbocycles. The van der Waals surface area contributed by atoms with Gasteiger partial charge in [-0.2, -0.15) is 13.2 Å². The Morgan fingerprint density at radius 3 is 1.82 bits per heavy atom. The van der Waals surface area contributed by atoms with E-state index in [9.17, 15) is 21.6 Å². The first-order chi connectivity index (χ1) is 4.69. The van der Waals surface area contributed by atoms with Crippen molar-refractivity contribution in [2.24, 2.45) is 0 Å². The van der Waals surface area contributed by atoms with Crippen molar-refractivity contribution in [1.82, 2.24) is 0 Å². The van der Waals surface area contributed by atoms with Crippen molar-refractivity contribution < 1.29 is 21.6 Å². The second-order valence-corrected chi connectivity index (χ2v) is 4.19. The van der Waals surface area contributed by atoms with Gasteiger partial charge in [0.05, 0.1) is 0 Å². The van der Waals surface area contributed by atoms with Crippen LogP contribution in [0.25, 0.3) is 0 Å². The normalized spacial score (nSPS) is 16.0. The Morgan fingerprint density at radius 1 is 1.45 bits per heavy atom. The van der Waals surface area contributed by atoms with E-state index in [1.165, 1.54) is 0 Å². The average molecular weight is 188 g/mol.